The maximum absolute atomic E-state index is 11.1. The van der Waals surface area contributed by atoms with E-state index in [1.165, 1.54) is 6.07 Å². The summed E-state index contributed by atoms with van der Waals surface area (Å²) in [7, 11) is 0. The van der Waals surface area contributed by atoms with Crippen molar-refractivity contribution in [1.82, 2.24) is 4.98 Å². The number of carbonyl (C=O) groups is 1. The molecule has 0 bridgehead atoms. The molecular formula is C13H12ClNO3S. The van der Waals surface area contributed by atoms with Gasteiger partial charge in [0.25, 0.3) is 0 Å². The maximum Gasteiger partial charge on any atom is 0.339 e. The third kappa shape index (κ3) is 3.24. The number of aromatic carboxylic acids is 1. The number of ether oxygens (including phenoxy) is 1. The first kappa shape index (κ1) is 13.8. The Hall–Kier alpha value is -1.59. The van der Waals surface area contributed by atoms with Crippen molar-refractivity contribution >= 4 is 28.9 Å². The second-order valence-electron chi connectivity index (χ2n) is 3.80. The van der Waals surface area contributed by atoms with E-state index in [2.05, 4.69) is 4.98 Å². The van der Waals surface area contributed by atoms with Gasteiger partial charge >= 0.3 is 5.97 Å². The molecule has 0 fully saturated rings. The van der Waals surface area contributed by atoms with E-state index >= 15 is 0 Å². The van der Waals surface area contributed by atoms with Crippen LogP contribution in [0.2, 0.25) is 5.02 Å². The molecule has 0 amide bonds. The molecule has 1 aromatic carbocycles. The number of hydrogen-bond acceptors (Lipinski definition) is 4. The van der Waals surface area contributed by atoms with E-state index in [1.54, 1.807) is 23.5 Å². The van der Waals surface area contributed by atoms with Gasteiger partial charge in [-0.15, -0.1) is 11.3 Å². The molecule has 0 unspecified atom stereocenters. The first-order valence-electron chi connectivity index (χ1n) is 5.69. The van der Waals surface area contributed by atoms with E-state index < -0.39 is 5.97 Å². The number of benzene rings is 1. The summed E-state index contributed by atoms with van der Waals surface area (Å²) in [6.07, 6.45) is 0.872. The predicted octanol–water partition coefficient (Wildman–Crippen LogP) is 3.64. The van der Waals surface area contributed by atoms with Crippen molar-refractivity contribution in [1.29, 1.82) is 0 Å². The molecule has 1 N–H and O–H groups in total. The van der Waals surface area contributed by atoms with Gasteiger partial charge in [-0.05, 0) is 18.6 Å². The van der Waals surface area contributed by atoms with Gasteiger partial charge in [0.1, 0.15) is 12.2 Å². The number of para-hydroxylation sites is 1. The lowest BCUT2D eigenvalue weighted by atomic mass is 10.2. The highest BCUT2D eigenvalue weighted by atomic mass is 35.5. The minimum absolute atomic E-state index is 0.0541. The van der Waals surface area contributed by atoms with Crippen LogP contribution in [0, 0.1) is 0 Å². The van der Waals surface area contributed by atoms with E-state index in [4.69, 9.17) is 21.4 Å². The van der Waals surface area contributed by atoms with E-state index in [-0.39, 0.29) is 22.9 Å². The average molecular weight is 298 g/mol. The van der Waals surface area contributed by atoms with Crippen LogP contribution in [-0.2, 0) is 13.0 Å². The number of carboxylic acid groups (broad SMARTS) is 1. The quantitative estimate of drug-likeness (QED) is 0.915. The highest BCUT2D eigenvalue weighted by Crippen LogP contribution is 2.29. The van der Waals surface area contributed by atoms with Crippen LogP contribution in [-0.4, -0.2) is 16.1 Å². The Kier molecular flexibility index (Phi) is 4.39. The first-order valence-corrected chi connectivity index (χ1v) is 6.95. The normalized spacial score (nSPS) is 10.4. The minimum Gasteiger partial charge on any atom is -0.485 e. The van der Waals surface area contributed by atoms with Gasteiger partial charge in [-0.1, -0.05) is 24.6 Å². The monoisotopic (exact) mass is 297 g/mol. The topological polar surface area (TPSA) is 59.4 Å². The van der Waals surface area contributed by atoms with Gasteiger partial charge in [0.15, 0.2) is 5.75 Å². The SMILES string of the molecule is CCc1nc(COc2c(Cl)cccc2C(=O)O)cs1. The van der Waals surface area contributed by atoms with Crippen LogP contribution in [0.3, 0.4) is 0 Å². The molecule has 1 aromatic heterocycles. The third-order valence-corrected chi connectivity index (χ3v) is 3.80. The van der Waals surface area contributed by atoms with Gasteiger partial charge in [-0.3, -0.25) is 0 Å². The van der Waals surface area contributed by atoms with E-state index in [0.717, 1.165) is 17.1 Å². The molecular weight excluding hydrogens is 286 g/mol. The van der Waals surface area contributed by atoms with Crippen molar-refractivity contribution in [2.75, 3.05) is 0 Å². The largest absolute Gasteiger partial charge is 0.485 e. The van der Waals surface area contributed by atoms with Crippen LogP contribution in [0.1, 0.15) is 28.0 Å². The zero-order valence-electron chi connectivity index (χ0n) is 10.2. The average Bonchev–Trinajstić information content (AvgIpc) is 2.85. The smallest absolute Gasteiger partial charge is 0.339 e. The molecule has 0 aliphatic rings. The standard InChI is InChI=1S/C13H12ClNO3S/c1-2-11-15-8(7-19-11)6-18-12-9(13(16)17)4-3-5-10(12)14/h3-5,7H,2,6H2,1H3,(H,16,17). The number of rotatable bonds is 5. The summed E-state index contributed by atoms with van der Waals surface area (Å²) in [5.74, 6) is -0.882. The number of aryl methyl sites for hydroxylation is 1. The van der Waals surface area contributed by atoms with Crippen molar-refractivity contribution in [3.05, 3.63) is 44.9 Å². The number of halogens is 1. The fraction of sp³-hybridized carbons (Fsp3) is 0.231. The highest BCUT2D eigenvalue weighted by molar-refractivity contribution is 7.09. The Balaban J connectivity index is 2.17. The van der Waals surface area contributed by atoms with Crippen LogP contribution < -0.4 is 4.74 Å². The van der Waals surface area contributed by atoms with Crippen molar-refractivity contribution in [2.24, 2.45) is 0 Å². The predicted molar refractivity (Wildman–Crippen MR) is 74.2 cm³/mol. The van der Waals surface area contributed by atoms with Crippen molar-refractivity contribution in [3.63, 3.8) is 0 Å². The van der Waals surface area contributed by atoms with Crippen LogP contribution >= 0.6 is 22.9 Å². The summed E-state index contributed by atoms with van der Waals surface area (Å²) >= 11 is 7.53. The van der Waals surface area contributed by atoms with Crippen molar-refractivity contribution < 1.29 is 14.6 Å². The summed E-state index contributed by atoms with van der Waals surface area (Å²) in [6.45, 7) is 2.24. The molecule has 19 heavy (non-hydrogen) atoms. The van der Waals surface area contributed by atoms with Gasteiger partial charge in [0.2, 0.25) is 0 Å². The van der Waals surface area contributed by atoms with Crippen molar-refractivity contribution in [2.45, 2.75) is 20.0 Å². The molecule has 2 rings (SSSR count). The molecule has 2 aromatic rings. The Morgan fingerprint density at radius 3 is 2.95 bits per heavy atom. The second-order valence-corrected chi connectivity index (χ2v) is 5.15. The van der Waals surface area contributed by atoms with Gasteiger partial charge in [0, 0.05) is 5.38 Å². The highest BCUT2D eigenvalue weighted by Gasteiger charge is 2.15. The first-order chi connectivity index (χ1) is 9.11. The molecule has 0 atom stereocenters. The van der Waals surface area contributed by atoms with Crippen molar-refractivity contribution in [3.8, 4) is 5.75 Å². The van der Waals surface area contributed by atoms with E-state index in [9.17, 15) is 4.79 Å². The summed E-state index contributed by atoms with van der Waals surface area (Å²) in [4.78, 5) is 15.4. The summed E-state index contributed by atoms with van der Waals surface area (Å²) in [6, 6.07) is 4.64. The zero-order chi connectivity index (χ0) is 13.8. The molecule has 6 heteroatoms. The summed E-state index contributed by atoms with van der Waals surface area (Å²) < 4.78 is 5.50. The fourth-order valence-electron chi connectivity index (χ4n) is 1.55. The number of carboxylic acids is 1. The molecule has 0 aliphatic carbocycles. The minimum atomic E-state index is -1.06. The molecule has 100 valence electrons. The fourth-order valence-corrected chi connectivity index (χ4v) is 2.51. The Morgan fingerprint density at radius 2 is 2.32 bits per heavy atom. The van der Waals surface area contributed by atoms with Crippen LogP contribution in [0.5, 0.6) is 5.75 Å². The maximum atomic E-state index is 11.1. The molecule has 0 saturated heterocycles. The number of hydrogen-bond donors (Lipinski definition) is 1. The van der Waals surface area contributed by atoms with Crippen LogP contribution in [0.4, 0.5) is 0 Å². The Morgan fingerprint density at radius 1 is 1.53 bits per heavy atom. The van der Waals surface area contributed by atoms with Gasteiger partial charge < -0.3 is 9.84 Å². The molecule has 0 radical (unpaired) electrons. The lowest BCUT2D eigenvalue weighted by molar-refractivity contribution is 0.0691. The molecule has 0 saturated carbocycles. The van der Waals surface area contributed by atoms with Gasteiger partial charge in [-0.25, -0.2) is 9.78 Å². The number of nitrogens with zero attached hydrogens (tertiary/aromatic N) is 1. The molecule has 0 aliphatic heterocycles. The second kappa shape index (κ2) is 6.04. The zero-order valence-corrected chi connectivity index (χ0v) is 11.8. The summed E-state index contributed by atoms with van der Waals surface area (Å²) in [5.41, 5.74) is 0.830. The third-order valence-electron chi connectivity index (χ3n) is 2.46. The van der Waals surface area contributed by atoms with Crippen LogP contribution in [0.15, 0.2) is 23.6 Å². The van der Waals surface area contributed by atoms with Gasteiger partial charge in [-0.2, -0.15) is 0 Å². The molecule has 4 nitrogen and oxygen atoms in total. The lowest BCUT2D eigenvalue weighted by Gasteiger charge is -2.09. The van der Waals surface area contributed by atoms with Crippen LogP contribution in [0.25, 0.3) is 0 Å². The van der Waals surface area contributed by atoms with Gasteiger partial charge in [0.05, 0.1) is 15.7 Å². The number of thiazole rings is 1. The van der Waals surface area contributed by atoms with E-state index in [1.807, 2.05) is 12.3 Å². The summed E-state index contributed by atoms with van der Waals surface area (Å²) in [5, 5.41) is 12.3. The Bertz CT molecular complexity index is 597. The molecule has 1 heterocycles. The Labute approximate surface area is 119 Å². The van der Waals surface area contributed by atoms with E-state index in [0.29, 0.717) is 0 Å². The molecule has 0 spiro atoms. The lowest BCUT2D eigenvalue weighted by Crippen LogP contribution is -2.04. The number of aromatic nitrogens is 1.